The largest absolute Gasteiger partial charge is 0.318 e. The van der Waals surface area contributed by atoms with Gasteiger partial charge in [-0.2, -0.15) is 5.26 Å². The molecule has 0 fully saturated rings. The van der Waals surface area contributed by atoms with Crippen LogP contribution in [-0.2, 0) is 6.42 Å². The molecule has 0 amide bonds. The van der Waals surface area contributed by atoms with E-state index in [4.69, 9.17) is 5.26 Å². The van der Waals surface area contributed by atoms with E-state index in [1.165, 1.54) is 0 Å². The van der Waals surface area contributed by atoms with Crippen molar-refractivity contribution >= 4 is 0 Å². The average Bonchev–Trinajstić information content (AvgIpc) is 2.55. The van der Waals surface area contributed by atoms with Crippen LogP contribution in [0.1, 0.15) is 32.1 Å². The van der Waals surface area contributed by atoms with Gasteiger partial charge >= 0.3 is 0 Å². The van der Waals surface area contributed by atoms with Gasteiger partial charge in [-0.3, -0.25) is 0 Å². The average molecular weight is 163 g/mol. The van der Waals surface area contributed by atoms with Gasteiger partial charge in [0.2, 0.25) is 0 Å². The smallest absolute Gasteiger partial charge is 0.121 e. The van der Waals surface area contributed by atoms with Gasteiger partial charge in [-0.1, -0.05) is 13.8 Å². The monoisotopic (exact) mass is 163 g/mol. The lowest BCUT2D eigenvalue weighted by atomic mass is 10.2. The second-order valence-electron chi connectivity index (χ2n) is 2.66. The second-order valence-corrected chi connectivity index (χ2v) is 2.66. The highest BCUT2D eigenvalue weighted by molar-refractivity contribution is 5.00. The fourth-order valence-corrected chi connectivity index (χ4v) is 1.25. The van der Waals surface area contributed by atoms with Gasteiger partial charge in [0, 0.05) is 18.8 Å². The third-order valence-corrected chi connectivity index (χ3v) is 1.94. The first-order chi connectivity index (χ1) is 5.83. The van der Waals surface area contributed by atoms with Crippen molar-refractivity contribution in [2.24, 2.45) is 0 Å². The molecule has 0 N–H and O–H groups in total. The number of aromatic nitrogens is 2. The maximum Gasteiger partial charge on any atom is 0.121 e. The Kier molecular flexibility index (Phi) is 2.87. The topological polar surface area (TPSA) is 41.6 Å². The Bertz CT molecular complexity index is 282. The van der Waals surface area contributed by atoms with Crippen LogP contribution in [0.4, 0.5) is 0 Å². The van der Waals surface area contributed by atoms with Gasteiger partial charge in [0.05, 0.1) is 6.07 Å². The van der Waals surface area contributed by atoms with E-state index >= 15 is 0 Å². The molecule has 0 spiro atoms. The maximum atomic E-state index is 8.82. The fourth-order valence-electron chi connectivity index (χ4n) is 1.25. The van der Waals surface area contributed by atoms with Crippen LogP contribution >= 0.6 is 0 Å². The second kappa shape index (κ2) is 3.91. The van der Waals surface area contributed by atoms with Crippen LogP contribution in [0.3, 0.4) is 0 Å². The fraction of sp³-hybridized carbons (Fsp3) is 0.556. The summed E-state index contributed by atoms with van der Waals surface area (Å²) in [4.78, 5) is 4.16. The predicted octanol–water partition coefficient (Wildman–Crippen LogP) is 1.92. The van der Waals surface area contributed by atoms with Gasteiger partial charge in [0.25, 0.3) is 0 Å². The zero-order valence-electron chi connectivity index (χ0n) is 7.49. The van der Waals surface area contributed by atoms with Gasteiger partial charge < -0.3 is 4.57 Å². The molecule has 0 aliphatic heterocycles. The maximum absolute atomic E-state index is 8.82. The molecule has 0 bridgehead atoms. The van der Waals surface area contributed by atoms with Crippen LogP contribution in [0.5, 0.6) is 0 Å². The number of aryl methyl sites for hydroxylation is 1. The lowest BCUT2D eigenvalue weighted by Gasteiger charge is -2.10. The van der Waals surface area contributed by atoms with Gasteiger partial charge in [-0.15, -0.1) is 0 Å². The zero-order chi connectivity index (χ0) is 8.97. The number of nitriles is 1. The standard InChI is InChI=1S/C9H13N3/c1-3-8(7-10)12-6-5-11-9(12)4-2/h5-6,8H,3-4H2,1-2H3. The minimum absolute atomic E-state index is 0.0533. The summed E-state index contributed by atoms with van der Waals surface area (Å²) in [7, 11) is 0. The summed E-state index contributed by atoms with van der Waals surface area (Å²) in [6.07, 6.45) is 5.33. The summed E-state index contributed by atoms with van der Waals surface area (Å²) >= 11 is 0. The van der Waals surface area contributed by atoms with Crippen LogP contribution in [0.2, 0.25) is 0 Å². The first-order valence-electron chi connectivity index (χ1n) is 4.24. The van der Waals surface area contributed by atoms with Crippen molar-refractivity contribution in [2.75, 3.05) is 0 Å². The Labute approximate surface area is 72.7 Å². The van der Waals surface area contributed by atoms with E-state index in [1.807, 2.05) is 24.6 Å². The van der Waals surface area contributed by atoms with Crippen molar-refractivity contribution in [1.82, 2.24) is 9.55 Å². The third kappa shape index (κ3) is 1.48. The summed E-state index contributed by atoms with van der Waals surface area (Å²) in [5.74, 6) is 0.989. The summed E-state index contributed by atoms with van der Waals surface area (Å²) in [5.41, 5.74) is 0. The number of rotatable bonds is 3. The molecular weight excluding hydrogens is 150 g/mol. The SMILES string of the molecule is CCc1nccn1C(C#N)CC. The lowest BCUT2D eigenvalue weighted by Crippen LogP contribution is -2.08. The van der Waals surface area contributed by atoms with E-state index in [9.17, 15) is 0 Å². The molecule has 3 nitrogen and oxygen atoms in total. The van der Waals surface area contributed by atoms with Crippen molar-refractivity contribution in [1.29, 1.82) is 5.26 Å². The van der Waals surface area contributed by atoms with E-state index in [2.05, 4.69) is 11.1 Å². The first kappa shape index (κ1) is 8.79. The highest BCUT2D eigenvalue weighted by Crippen LogP contribution is 2.12. The number of hydrogen-bond donors (Lipinski definition) is 0. The molecule has 1 rings (SSSR count). The molecule has 0 radical (unpaired) electrons. The Hall–Kier alpha value is -1.30. The highest BCUT2D eigenvalue weighted by Gasteiger charge is 2.09. The van der Waals surface area contributed by atoms with Gasteiger partial charge in [0.1, 0.15) is 11.9 Å². The molecule has 0 saturated heterocycles. The van der Waals surface area contributed by atoms with Crippen LogP contribution in [0, 0.1) is 11.3 Å². The van der Waals surface area contributed by atoms with Gasteiger partial charge in [0.15, 0.2) is 0 Å². The van der Waals surface area contributed by atoms with Crippen LogP contribution < -0.4 is 0 Å². The molecule has 0 aromatic carbocycles. The first-order valence-corrected chi connectivity index (χ1v) is 4.24. The lowest BCUT2D eigenvalue weighted by molar-refractivity contribution is 0.571. The summed E-state index contributed by atoms with van der Waals surface area (Å²) in [6.45, 7) is 4.05. The normalized spacial score (nSPS) is 12.4. The summed E-state index contributed by atoms with van der Waals surface area (Å²) in [5, 5.41) is 8.82. The molecular formula is C9H13N3. The third-order valence-electron chi connectivity index (χ3n) is 1.94. The van der Waals surface area contributed by atoms with E-state index in [0.29, 0.717) is 0 Å². The van der Waals surface area contributed by atoms with Crippen LogP contribution in [0.15, 0.2) is 12.4 Å². The highest BCUT2D eigenvalue weighted by atomic mass is 15.1. The zero-order valence-corrected chi connectivity index (χ0v) is 7.49. The minimum Gasteiger partial charge on any atom is -0.318 e. The van der Waals surface area contributed by atoms with Crippen molar-refractivity contribution in [3.05, 3.63) is 18.2 Å². The molecule has 0 aliphatic rings. The van der Waals surface area contributed by atoms with Crippen molar-refractivity contribution in [2.45, 2.75) is 32.7 Å². The summed E-state index contributed by atoms with van der Waals surface area (Å²) in [6, 6.07) is 2.20. The quantitative estimate of drug-likeness (QED) is 0.683. The molecule has 1 atom stereocenters. The van der Waals surface area contributed by atoms with E-state index < -0.39 is 0 Å². The number of imidazole rings is 1. The molecule has 3 heteroatoms. The van der Waals surface area contributed by atoms with E-state index in [1.54, 1.807) is 6.20 Å². The Morgan fingerprint density at radius 2 is 2.42 bits per heavy atom. The number of nitrogens with zero attached hydrogens (tertiary/aromatic N) is 3. The molecule has 12 heavy (non-hydrogen) atoms. The van der Waals surface area contributed by atoms with Crippen LogP contribution in [0.25, 0.3) is 0 Å². The van der Waals surface area contributed by atoms with E-state index in [0.717, 1.165) is 18.7 Å². The van der Waals surface area contributed by atoms with Gasteiger partial charge in [-0.25, -0.2) is 4.98 Å². The Morgan fingerprint density at radius 1 is 1.67 bits per heavy atom. The van der Waals surface area contributed by atoms with Crippen LogP contribution in [-0.4, -0.2) is 9.55 Å². The molecule has 64 valence electrons. The molecule has 0 aliphatic carbocycles. The van der Waals surface area contributed by atoms with Crippen molar-refractivity contribution in [3.8, 4) is 6.07 Å². The molecule has 1 unspecified atom stereocenters. The van der Waals surface area contributed by atoms with E-state index in [-0.39, 0.29) is 6.04 Å². The molecule has 0 saturated carbocycles. The Balaban J connectivity index is 2.93. The minimum atomic E-state index is -0.0533. The van der Waals surface area contributed by atoms with Crippen molar-refractivity contribution in [3.63, 3.8) is 0 Å². The molecule has 1 aromatic rings. The number of hydrogen-bond acceptors (Lipinski definition) is 2. The predicted molar refractivity (Wildman–Crippen MR) is 46.5 cm³/mol. The van der Waals surface area contributed by atoms with Crippen molar-refractivity contribution < 1.29 is 0 Å². The molecule has 1 aromatic heterocycles. The summed E-state index contributed by atoms with van der Waals surface area (Å²) < 4.78 is 1.94. The Morgan fingerprint density at radius 3 is 2.92 bits per heavy atom. The van der Waals surface area contributed by atoms with Gasteiger partial charge in [-0.05, 0) is 6.42 Å². The molecule has 1 heterocycles.